The van der Waals surface area contributed by atoms with Crippen molar-refractivity contribution < 1.29 is 19.0 Å². The van der Waals surface area contributed by atoms with Crippen molar-refractivity contribution in [3.8, 4) is 22.6 Å². The van der Waals surface area contributed by atoms with Crippen LogP contribution >= 0.6 is 0 Å². The van der Waals surface area contributed by atoms with E-state index in [1.54, 1.807) is 0 Å². The van der Waals surface area contributed by atoms with Gasteiger partial charge in [-0.1, -0.05) is 18.2 Å². The minimum absolute atomic E-state index is 0.0445. The first-order chi connectivity index (χ1) is 13.3. The van der Waals surface area contributed by atoms with Gasteiger partial charge in [0.05, 0.1) is 13.2 Å². The van der Waals surface area contributed by atoms with Crippen molar-refractivity contribution in [1.29, 1.82) is 0 Å². The highest BCUT2D eigenvalue weighted by molar-refractivity contribution is 5.94. The summed E-state index contributed by atoms with van der Waals surface area (Å²) in [4.78, 5) is 14.6. The molecule has 0 bridgehead atoms. The number of ether oxygens (including phenoxy) is 3. The zero-order valence-electron chi connectivity index (χ0n) is 15.3. The van der Waals surface area contributed by atoms with Gasteiger partial charge in [-0.15, -0.1) is 0 Å². The topological polar surface area (TPSA) is 60.0 Å². The van der Waals surface area contributed by atoms with Gasteiger partial charge in [-0.05, 0) is 35.4 Å². The number of hydrogen-bond acceptors (Lipinski definition) is 5. The van der Waals surface area contributed by atoms with Gasteiger partial charge in [-0.2, -0.15) is 0 Å². The molecule has 2 aromatic carbocycles. The fourth-order valence-electron chi connectivity index (χ4n) is 3.29. The minimum Gasteiger partial charge on any atom is -0.486 e. The minimum atomic E-state index is -0.0445. The monoisotopic (exact) mass is 368 g/mol. The van der Waals surface area contributed by atoms with Gasteiger partial charge in [0.15, 0.2) is 11.5 Å². The maximum absolute atomic E-state index is 12.3. The molecule has 0 atom stereocenters. The Kier molecular flexibility index (Phi) is 5.55. The van der Waals surface area contributed by atoms with Gasteiger partial charge in [-0.25, -0.2) is 0 Å². The summed E-state index contributed by atoms with van der Waals surface area (Å²) in [5, 5.41) is 2.99. The fourth-order valence-corrected chi connectivity index (χ4v) is 3.29. The summed E-state index contributed by atoms with van der Waals surface area (Å²) in [6.45, 7) is 6.06. The summed E-state index contributed by atoms with van der Waals surface area (Å²) in [7, 11) is 0. The molecule has 4 rings (SSSR count). The lowest BCUT2D eigenvalue weighted by Gasteiger charge is -2.26. The third kappa shape index (κ3) is 4.40. The van der Waals surface area contributed by atoms with E-state index >= 15 is 0 Å². The Morgan fingerprint density at radius 2 is 1.59 bits per heavy atom. The predicted octanol–water partition coefficient (Wildman–Crippen LogP) is 2.19. The van der Waals surface area contributed by atoms with Crippen LogP contribution in [-0.4, -0.2) is 63.4 Å². The van der Waals surface area contributed by atoms with Crippen LogP contribution in [0.2, 0.25) is 0 Å². The summed E-state index contributed by atoms with van der Waals surface area (Å²) in [6.07, 6.45) is 0. The van der Waals surface area contributed by atoms with Crippen molar-refractivity contribution in [2.24, 2.45) is 0 Å². The zero-order valence-corrected chi connectivity index (χ0v) is 15.3. The SMILES string of the molecule is O=C(NCCN1CCOCC1)c1ccc(-c2ccc3c(c2)OCCO3)cc1. The lowest BCUT2D eigenvalue weighted by Crippen LogP contribution is -2.41. The number of hydrogen-bond donors (Lipinski definition) is 1. The number of fused-ring (bicyclic) bond motifs is 1. The first-order valence-electron chi connectivity index (χ1n) is 9.38. The number of carbonyl (C=O) groups excluding carboxylic acids is 1. The van der Waals surface area contributed by atoms with Crippen LogP contribution in [0.3, 0.4) is 0 Å². The van der Waals surface area contributed by atoms with Gasteiger partial charge in [0.25, 0.3) is 5.91 Å². The molecule has 2 heterocycles. The quantitative estimate of drug-likeness (QED) is 0.877. The fraction of sp³-hybridized carbons (Fsp3) is 0.381. The second-order valence-corrected chi connectivity index (χ2v) is 6.65. The summed E-state index contributed by atoms with van der Waals surface area (Å²) in [6, 6.07) is 13.5. The second kappa shape index (κ2) is 8.41. The highest BCUT2D eigenvalue weighted by Gasteiger charge is 2.13. The molecule has 2 aliphatic rings. The van der Waals surface area contributed by atoms with Crippen molar-refractivity contribution in [2.45, 2.75) is 0 Å². The van der Waals surface area contributed by atoms with Crippen molar-refractivity contribution >= 4 is 5.91 Å². The van der Waals surface area contributed by atoms with Crippen LogP contribution in [0, 0.1) is 0 Å². The summed E-state index contributed by atoms with van der Waals surface area (Å²) in [5.74, 6) is 1.50. The van der Waals surface area contributed by atoms with Crippen molar-refractivity contribution in [1.82, 2.24) is 10.2 Å². The van der Waals surface area contributed by atoms with Crippen LogP contribution in [0.5, 0.6) is 11.5 Å². The Morgan fingerprint density at radius 3 is 2.37 bits per heavy atom. The van der Waals surface area contributed by atoms with Crippen LogP contribution < -0.4 is 14.8 Å². The highest BCUT2D eigenvalue weighted by Crippen LogP contribution is 2.34. The van der Waals surface area contributed by atoms with Crippen LogP contribution in [0.15, 0.2) is 42.5 Å². The van der Waals surface area contributed by atoms with Crippen LogP contribution in [0.25, 0.3) is 11.1 Å². The van der Waals surface area contributed by atoms with E-state index in [9.17, 15) is 4.79 Å². The molecule has 0 aromatic heterocycles. The summed E-state index contributed by atoms with van der Waals surface area (Å²) < 4.78 is 16.5. The largest absolute Gasteiger partial charge is 0.486 e. The Morgan fingerprint density at radius 1 is 0.889 bits per heavy atom. The Hall–Kier alpha value is -2.57. The average Bonchev–Trinajstić information content (AvgIpc) is 2.74. The van der Waals surface area contributed by atoms with E-state index in [-0.39, 0.29) is 5.91 Å². The first-order valence-corrected chi connectivity index (χ1v) is 9.38. The molecular formula is C21H24N2O4. The Bertz CT molecular complexity index is 785. The average molecular weight is 368 g/mol. The zero-order chi connectivity index (χ0) is 18.5. The number of benzene rings is 2. The standard InChI is InChI=1S/C21H24N2O4/c24-21(22-7-8-23-9-11-25-12-10-23)17-3-1-16(2-4-17)18-5-6-19-20(15-18)27-14-13-26-19/h1-6,15H,7-14H2,(H,22,24). The van der Waals surface area contributed by atoms with Gasteiger partial charge in [0, 0.05) is 31.7 Å². The van der Waals surface area contributed by atoms with Gasteiger partial charge in [0.1, 0.15) is 13.2 Å². The molecule has 2 aromatic rings. The molecular weight excluding hydrogens is 344 g/mol. The lowest BCUT2D eigenvalue weighted by molar-refractivity contribution is 0.0383. The van der Waals surface area contributed by atoms with Gasteiger partial charge < -0.3 is 19.5 Å². The number of nitrogens with one attached hydrogen (secondary N) is 1. The normalized spacial score (nSPS) is 16.7. The highest BCUT2D eigenvalue weighted by atomic mass is 16.6. The van der Waals surface area contributed by atoms with Gasteiger partial charge in [-0.3, -0.25) is 9.69 Å². The summed E-state index contributed by atoms with van der Waals surface area (Å²) >= 11 is 0. The van der Waals surface area contributed by atoms with Crippen LogP contribution in [-0.2, 0) is 4.74 Å². The van der Waals surface area contributed by atoms with E-state index in [0.29, 0.717) is 25.3 Å². The molecule has 27 heavy (non-hydrogen) atoms. The summed E-state index contributed by atoms with van der Waals surface area (Å²) in [5.41, 5.74) is 2.74. The molecule has 0 radical (unpaired) electrons. The molecule has 0 spiro atoms. The smallest absolute Gasteiger partial charge is 0.251 e. The predicted molar refractivity (Wildman–Crippen MR) is 102 cm³/mol. The lowest BCUT2D eigenvalue weighted by atomic mass is 10.0. The molecule has 0 aliphatic carbocycles. The number of carbonyl (C=O) groups is 1. The maximum atomic E-state index is 12.3. The molecule has 1 N–H and O–H groups in total. The third-order valence-electron chi connectivity index (χ3n) is 4.84. The molecule has 1 amide bonds. The molecule has 0 unspecified atom stereocenters. The van der Waals surface area contributed by atoms with Crippen LogP contribution in [0.4, 0.5) is 0 Å². The Balaban J connectivity index is 1.34. The number of nitrogens with zero attached hydrogens (tertiary/aromatic N) is 1. The molecule has 1 saturated heterocycles. The number of rotatable bonds is 5. The van der Waals surface area contributed by atoms with Crippen molar-refractivity contribution in [2.75, 3.05) is 52.6 Å². The number of amides is 1. The van der Waals surface area contributed by atoms with Gasteiger partial charge in [0.2, 0.25) is 0 Å². The maximum Gasteiger partial charge on any atom is 0.251 e. The molecule has 142 valence electrons. The third-order valence-corrected chi connectivity index (χ3v) is 4.84. The van der Waals surface area contributed by atoms with E-state index in [0.717, 1.165) is 55.5 Å². The molecule has 6 heteroatoms. The van der Waals surface area contributed by atoms with E-state index in [2.05, 4.69) is 10.2 Å². The van der Waals surface area contributed by atoms with Crippen LogP contribution in [0.1, 0.15) is 10.4 Å². The van der Waals surface area contributed by atoms with Gasteiger partial charge >= 0.3 is 0 Å². The molecule has 6 nitrogen and oxygen atoms in total. The van der Waals surface area contributed by atoms with E-state index in [1.165, 1.54) is 0 Å². The van der Waals surface area contributed by atoms with E-state index < -0.39 is 0 Å². The second-order valence-electron chi connectivity index (χ2n) is 6.65. The molecule has 0 saturated carbocycles. The van der Waals surface area contributed by atoms with E-state index in [4.69, 9.17) is 14.2 Å². The van der Waals surface area contributed by atoms with Crippen molar-refractivity contribution in [3.05, 3.63) is 48.0 Å². The molecule has 2 aliphatic heterocycles. The van der Waals surface area contributed by atoms with Crippen molar-refractivity contribution in [3.63, 3.8) is 0 Å². The molecule has 1 fully saturated rings. The number of morpholine rings is 1. The van der Waals surface area contributed by atoms with E-state index in [1.807, 2.05) is 42.5 Å². The first kappa shape index (κ1) is 17.8. The Labute approximate surface area is 159 Å².